The van der Waals surface area contributed by atoms with Crippen molar-refractivity contribution < 1.29 is 32.2 Å². The zero-order valence-electron chi connectivity index (χ0n) is 21.7. The minimum Gasteiger partial charge on any atom is -0.444 e. The van der Waals surface area contributed by atoms with Gasteiger partial charge in [0.15, 0.2) is 0 Å². The number of alkyl carbamates (subject to hydrolysis) is 1. The molecule has 1 aromatic rings. The average molecular weight is 515 g/mol. The molecule has 11 heteroatoms. The Kier molecular flexibility index (Phi) is 8.42. The lowest BCUT2D eigenvalue weighted by molar-refractivity contribution is -0.146. The Morgan fingerprint density at radius 3 is 2.44 bits per heavy atom. The predicted molar refractivity (Wildman–Crippen MR) is 129 cm³/mol. The molecular weight excluding hydrogens is 477 g/mol. The molecule has 1 N–H and O–H groups in total. The van der Waals surface area contributed by atoms with Crippen LogP contribution in [0.25, 0.3) is 0 Å². The fourth-order valence-corrected chi connectivity index (χ4v) is 5.02. The summed E-state index contributed by atoms with van der Waals surface area (Å²) in [7, 11) is 0. The van der Waals surface area contributed by atoms with E-state index in [0.717, 1.165) is 6.07 Å². The summed E-state index contributed by atoms with van der Waals surface area (Å²) in [5.41, 5.74) is -1.99. The summed E-state index contributed by atoms with van der Waals surface area (Å²) in [6.45, 7) is 10.9. The second kappa shape index (κ2) is 10.8. The number of hydrogen-bond donors (Lipinski definition) is 1. The van der Waals surface area contributed by atoms with Gasteiger partial charge in [-0.1, -0.05) is 0 Å². The maximum absolute atomic E-state index is 13.7. The van der Waals surface area contributed by atoms with E-state index >= 15 is 0 Å². The van der Waals surface area contributed by atoms with Crippen LogP contribution in [-0.2, 0) is 20.4 Å². The third-order valence-electron chi connectivity index (χ3n) is 6.71. The lowest BCUT2D eigenvalue weighted by Gasteiger charge is -2.40. The second-order valence-corrected chi connectivity index (χ2v) is 10.6. The van der Waals surface area contributed by atoms with Crippen molar-refractivity contribution in [3.05, 3.63) is 23.4 Å². The molecule has 3 rings (SSSR count). The Labute approximate surface area is 210 Å². The largest absolute Gasteiger partial charge is 0.444 e. The van der Waals surface area contributed by atoms with Crippen molar-refractivity contribution in [3.63, 3.8) is 0 Å². The molecule has 202 valence electrons. The Balaban J connectivity index is 1.67. The SMILES string of the molecule is CCOC[C@]1(C(=O)N2CCN(c3nccc(C(F)(F)F)c3C)CC2)CC[C@@H](NC(=O)OC(C)(C)C)C1. The van der Waals surface area contributed by atoms with Gasteiger partial charge in [0.2, 0.25) is 5.91 Å². The first-order chi connectivity index (χ1) is 16.8. The summed E-state index contributed by atoms with van der Waals surface area (Å²) in [6, 6.07) is 0.778. The molecule has 36 heavy (non-hydrogen) atoms. The summed E-state index contributed by atoms with van der Waals surface area (Å²) < 4.78 is 51.0. The molecule has 1 aliphatic carbocycles. The van der Waals surface area contributed by atoms with Crippen LogP contribution in [-0.4, -0.2) is 72.9 Å². The van der Waals surface area contributed by atoms with E-state index in [1.54, 1.807) is 30.6 Å². The number of aromatic nitrogens is 1. The smallest absolute Gasteiger partial charge is 0.416 e. The fraction of sp³-hybridized carbons (Fsp3) is 0.720. The van der Waals surface area contributed by atoms with Gasteiger partial charge in [-0.15, -0.1) is 0 Å². The van der Waals surface area contributed by atoms with E-state index in [-0.39, 0.29) is 24.1 Å². The van der Waals surface area contributed by atoms with E-state index in [0.29, 0.717) is 57.9 Å². The monoisotopic (exact) mass is 514 g/mol. The molecule has 0 bridgehead atoms. The maximum Gasteiger partial charge on any atom is 0.416 e. The number of nitrogens with zero attached hydrogens (tertiary/aromatic N) is 3. The fourth-order valence-electron chi connectivity index (χ4n) is 5.02. The van der Waals surface area contributed by atoms with Crippen LogP contribution in [0.2, 0.25) is 0 Å². The first-order valence-corrected chi connectivity index (χ1v) is 12.4. The third-order valence-corrected chi connectivity index (χ3v) is 6.71. The van der Waals surface area contributed by atoms with Gasteiger partial charge in [0.1, 0.15) is 11.4 Å². The van der Waals surface area contributed by atoms with Crippen LogP contribution >= 0.6 is 0 Å². The van der Waals surface area contributed by atoms with Gasteiger partial charge in [0.25, 0.3) is 0 Å². The molecule has 0 radical (unpaired) electrons. The highest BCUT2D eigenvalue weighted by molar-refractivity contribution is 5.84. The van der Waals surface area contributed by atoms with Crippen molar-refractivity contribution in [1.82, 2.24) is 15.2 Å². The summed E-state index contributed by atoms with van der Waals surface area (Å²) >= 11 is 0. The lowest BCUT2D eigenvalue weighted by atomic mass is 9.84. The number of pyridine rings is 1. The number of anilines is 1. The molecule has 2 heterocycles. The molecule has 2 atom stereocenters. The van der Waals surface area contributed by atoms with Crippen LogP contribution in [0, 0.1) is 12.3 Å². The molecule has 8 nitrogen and oxygen atoms in total. The first-order valence-electron chi connectivity index (χ1n) is 12.4. The standard InChI is InChI=1S/C25H37F3N4O4/c1-6-35-16-24(9-7-18(15-24)30-22(34)36-23(3,4)5)21(33)32-13-11-31(12-14-32)20-17(2)19(8-10-29-20)25(26,27)28/h8,10,18H,6-7,9,11-16H2,1-5H3,(H,30,34)/t18-,24+/m1/s1. The normalized spacial score (nSPS) is 23.1. The number of carbonyl (C=O) groups excluding carboxylic acids is 2. The van der Waals surface area contributed by atoms with Crippen LogP contribution in [0.15, 0.2) is 12.3 Å². The number of carbonyl (C=O) groups is 2. The maximum atomic E-state index is 13.7. The van der Waals surface area contributed by atoms with Crippen LogP contribution < -0.4 is 10.2 Å². The van der Waals surface area contributed by atoms with E-state index < -0.39 is 28.8 Å². The molecule has 1 aliphatic heterocycles. The molecule has 0 unspecified atom stereocenters. The van der Waals surface area contributed by atoms with Crippen molar-refractivity contribution in [2.24, 2.45) is 5.41 Å². The van der Waals surface area contributed by atoms with Gasteiger partial charge in [-0.2, -0.15) is 13.2 Å². The Hall–Kier alpha value is -2.56. The second-order valence-electron chi connectivity index (χ2n) is 10.6. The van der Waals surface area contributed by atoms with Gasteiger partial charge in [-0.05, 0) is 59.9 Å². The number of ether oxygens (including phenoxy) is 2. The summed E-state index contributed by atoms with van der Waals surface area (Å²) in [6.07, 6.45) is -2.14. The van der Waals surface area contributed by atoms with Gasteiger partial charge in [0.05, 0.1) is 17.6 Å². The zero-order chi connectivity index (χ0) is 26.7. The van der Waals surface area contributed by atoms with Crippen LogP contribution in [0.3, 0.4) is 0 Å². The highest BCUT2D eigenvalue weighted by atomic mass is 19.4. The zero-order valence-corrected chi connectivity index (χ0v) is 21.7. The topological polar surface area (TPSA) is 84.0 Å². The number of nitrogens with one attached hydrogen (secondary N) is 1. The minimum absolute atomic E-state index is 0.0437. The summed E-state index contributed by atoms with van der Waals surface area (Å²) in [5.74, 6) is 0.251. The Morgan fingerprint density at radius 1 is 1.19 bits per heavy atom. The third kappa shape index (κ3) is 6.60. The van der Waals surface area contributed by atoms with Crippen LogP contribution in [0.5, 0.6) is 0 Å². The van der Waals surface area contributed by atoms with Gasteiger partial charge < -0.3 is 24.6 Å². The number of amides is 2. The molecule has 2 fully saturated rings. The molecule has 0 spiro atoms. The Bertz CT molecular complexity index is 942. The van der Waals surface area contributed by atoms with E-state index in [9.17, 15) is 22.8 Å². The van der Waals surface area contributed by atoms with Crippen molar-refractivity contribution in [2.75, 3.05) is 44.3 Å². The number of hydrogen-bond acceptors (Lipinski definition) is 6. The van der Waals surface area contributed by atoms with E-state index in [2.05, 4.69) is 10.3 Å². The van der Waals surface area contributed by atoms with E-state index in [1.807, 2.05) is 6.92 Å². The van der Waals surface area contributed by atoms with Crippen molar-refractivity contribution in [1.29, 1.82) is 0 Å². The minimum atomic E-state index is -4.45. The molecule has 2 amide bonds. The van der Waals surface area contributed by atoms with Crippen molar-refractivity contribution in [3.8, 4) is 0 Å². The summed E-state index contributed by atoms with van der Waals surface area (Å²) in [5, 5.41) is 2.88. The quantitative estimate of drug-likeness (QED) is 0.614. The van der Waals surface area contributed by atoms with Crippen LogP contribution in [0.4, 0.5) is 23.8 Å². The average Bonchev–Trinajstić information content (AvgIpc) is 3.19. The highest BCUT2D eigenvalue weighted by Crippen LogP contribution is 2.41. The van der Waals surface area contributed by atoms with Crippen molar-refractivity contribution in [2.45, 2.75) is 71.7 Å². The number of halogens is 3. The highest BCUT2D eigenvalue weighted by Gasteiger charge is 2.48. The van der Waals surface area contributed by atoms with Crippen LogP contribution in [0.1, 0.15) is 58.1 Å². The predicted octanol–water partition coefficient (Wildman–Crippen LogP) is 4.16. The van der Waals surface area contributed by atoms with Crippen molar-refractivity contribution >= 4 is 17.8 Å². The molecule has 0 aromatic carbocycles. The first kappa shape index (κ1) is 28.0. The lowest BCUT2D eigenvalue weighted by Crippen LogP contribution is -2.54. The molecule has 1 aromatic heterocycles. The van der Waals surface area contributed by atoms with E-state index in [4.69, 9.17) is 9.47 Å². The van der Waals surface area contributed by atoms with E-state index in [1.165, 1.54) is 13.1 Å². The number of rotatable bonds is 6. The molecule has 2 aliphatic rings. The number of alkyl halides is 3. The Morgan fingerprint density at radius 2 is 1.86 bits per heavy atom. The molecular formula is C25H37F3N4O4. The van der Waals surface area contributed by atoms with Gasteiger partial charge >= 0.3 is 12.3 Å². The molecule has 1 saturated carbocycles. The molecule has 1 saturated heterocycles. The summed E-state index contributed by atoms with van der Waals surface area (Å²) in [4.78, 5) is 33.7. The van der Waals surface area contributed by atoms with Gasteiger partial charge in [-0.3, -0.25) is 4.79 Å². The van der Waals surface area contributed by atoms with Gasteiger partial charge in [-0.25, -0.2) is 9.78 Å². The number of piperazine rings is 1. The van der Waals surface area contributed by atoms with Gasteiger partial charge in [0, 0.05) is 50.6 Å².